The Balaban J connectivity index is 1.59. The van der Waals surface area contributed by atoms with Crippen molar-refractivity contribution >= 4 is 17.3 Å². The van der Waals surface area contributed by atoms with E-state index >= 15 is 0 Å². The molecule has 0 spiro atoms. The Labute approximate surface area is 175 Å². The molecule has 7 nitrogen and oxygen atoms in total. The van der Waals surface area contributed by atoms with Crippen molar-refractivity contribution < 1.29 is 27.4 Å². The Morgan fingerprint density at radius 2 is 2.00 bits per heavy atom. The van der Waals surface area contributed by atoms with E-state index in [1.807, 2.05) is 0 Å². The highest BCUT2D eigenvalue weighted by Gasteiger charge is 2.34. The lowest BCUT2D eigenvalue weighted by molar-refractivity contribution is -0.138. The summed E-state index contributed by atoms with van der Waals surface area (Å²) in [4.78, 5) is 12.0. The fourth-order valence-corrected chi connectivity index (χ4v) is 3.58. The average molecular weight is 432 g/mol. The number of ether oxygens (including phenoxy) is 2. The van der Waals surface area contributed by atoms with Gasteiger partial charge in [0.1, 0.15) is 6.61 Å². The van der Waals surface area contributed by atoms with Gasteiger partial charge in [-0.25, -0.2) is 0 Å². The molecule has 2 heterocycles. The highest BCUT2D eigenvalue weighted by Crippen LogP contribution is 2.40. The fourth-order valence-electron chi connectivity index (χ4n) is 3.58. The van der Waals surface area contributed by atoms with Gasteiger partial charge in [-0.2, -0.15) is 18.3 Å². The van der Waals surface area contributed by atoms with Crippen LogP contribution in [-0.4, -0.2) is 23.2 Å². The van der Waals surface area contributed by atoms with Crippen molar-refractivity contribution in [3.63, 3.8) is 0 Å². The summed E-state index contributed by atoms with van der Waals surface area (Å²) in [6.45, 7) is -0.319. The standard InChI is InChI=1S/C21H19F3N4O3/c1-30-18-6-11(14-8-19(29)27-16-9-26-28-20(14)16)3-5-17(18)31-10-12-2-4-13(25)7-15(12)21(22,23)24/h2-7,9,14H,8,10,25H2,1H3,(H,26,28)(H,27,29). The lowest BCUT2D eigenvalue weighted by Crippen LogP contribution is -2.23. The van der Waals surface area contributed by atoms with Crippen LogP contribution in [0.1, 0.15) is 34.7 Å². The van der Waals surface area contributed by atoms with Gasteiger partial charge >= 0.3 is 6.18 Å². The number of hydrogen-bond acceptors (Lipinski definition) is 5. The van der Waals surface area contributed by atoms with Crippen LogP contribution in [0.2, 0.25) is 0 Å². The summed E-state index contributed by atoms with van der Waals surface area (Å²) in [5.41, 5.74) is 6.73. The molecule has 1 aromatic heterocycles. The van der Waals surface area contributed by atoms with Gasteiger partial charge in [0.15, 0.2) is 11.5 Å². The van der Waals surface area contributed by atoms with Gasteiger partial charge in [0.05, 0.1) is 24.1 Å². The minimum absolute atomic E-state index is 0.0206. The number of nitrogens with one attached hydrogen (secondary N) is 2. The second-order valence-electron chi connectivity index (χ2n) is 7.10. The van der Waals surface area contributed by atoms with Crippen molar-refractivity contribution in [2.45, 2.75) is 25.1 Å². The third-order valence-electron chi connectivity index (χ3n) is 5.08. The molecular weight excluding hydrogens is 413 g/mol. The van der Waals surface area contributed by atoms with E-state index in [1.54, 1.807) is 24.4 Å². The first-order chi connectivity index (χ1) is 14.8. The molecule has 1 aliphatic rings. The van der Waals surface area contributed by atoms with E-state index in [4.69, 9.17) is 15.2 Å². The topological polar surface area (TPSA) is 102 Å². The van der Waals surface area contributed by atoms with Gasteiger partial charge in [-0.05, 0) is 29.8 Å². The minimum Gasteiger partial charge on any atom is -0.493 e. The van der Waals surface area contributed by atoms with E-state index < -0.39 is 11.7 Å². The van der Waals surface area contributed by atoms with Crippen molar-refractivity contribution in [1.82, 2.24) is 10.2 Å². The summed E-state index contributed by atoms with van der Waals surface area (Å²) in [5.74, 6) is 0.191. The van der Waals surface area contributed by atoms with Gasteiger partial charge in [-0.3, -0.25) is 9.89 Å². The first-order valence-corrected chi connectivity index (χ1v) is 9.36. The number of carbonyl (C=O) groups excluding carboxylic acids is 1. The summed E-state index contributed by atoms with van der Waals surface area (Å²) in [5, 5.41) is 9.70. The fraction of sp³-hybridized carbons (Fsp3) is 0.238. The third kappa shape index (κ3) is 4.14. The molecule has 0 saturated heterocycles. The van der Waals surface area contributed by atoms with Crippen molar-refractivity contribution in [3.05, 3.63) is 65.0 Å². The summed E-state index contributed by atoms with van der Waals surface area (Å²) in [6, 6.07) is 8.62. The van der Waals surface area contributed by atoms with Crippen molar-refractivity contribution in [1.29, 1.82) is 0 Å². The Morgan fingerprint density at radius 1 is 1.19 bits per heavy atom. The van der Waals surface area contributed by atoms with Gasteiger partial charge in [0, 0.05) is 29.8 Å². The van der Waals surface area contributed by atoms with E-state index in [0.29, 0.717) is 17.1 Å². The number of amides is 1. The molecule has 1 atom stereocenters. The second kappa shape index (κ2) is 7.86. The Bertz CT molecular complexity index is 1130. The number of nitrogens with two attached hydrogens (primary N) is 1. The number of hydrogen-bond donors (Lipinski definition) is 3. The molecule has 0 saturated carbocycles. The van der Waals surface area contributed by atoms with E-state index in [2.05, 4.69) is 15.5 Å². The molecule has 162 valence electrons. The smallest absolute Gasteiger partial charge is 0.416 e. The molecule has 0 aliphatic carbocycles. The number of halogens is 3. The van der Waals surface area contributed by atoms with Crippen molar-refractivity contribution in [3.8, 4) is 11.5 Å². The molecule has 0 radical (unpaired) electrons. The van der Waals surface area contributed by atoms with E-state index in [-0.39, 0.29) is 41.9 Å². The minimum atomic E-state index is -4.55. The molecule has 1 unspecified atom stereocenters. The maximum Gasteiger partial charge on any atom is 0.416 e. The molecule has 1 aliphatic heterocycles. The number of rotatable bonds is 5. The number of alkyl halides is 3. The molecule has 3 aromatic rings. The zero-order valence-corrected chi connectivity index (χ0v) is 16.4. The summed E-state index contributed by atoms with van der Waals surface area (Å²) in [6.07, 6.45) is -2.73. The van der Waals surface area contributed by atoms with Crippen LogP contribution in [0, 0.1) is 0 Å². The first kappa shape index (κ1) is 20.6. The maximum absolute atomic E-state index is 13.3. The number of nitrogen functional groups attached to an aromatic ring is 1. The van der Waals surface area contributed by atoms with Gasteiger partial charge in [0.2, 0.25) is 5.91 Å². The number of H-pyrrole nitrogens is 1. The molecule has 31 heavy (non-hydrogen) atoms. The third-order valence-corrected chi connectivity index (χ3v) is 5.08. The van der Waals surface area contributed by atoms with Gasteiger partial charge in [0.25, 0.3) is 0 Å². The zero-order chi connectivity index (χ0) is 22.2. The van der Waals surface area contributed by atoms with Crippen LogP contribution in [0.15, 0.2) is 42.6 Å². The number of anilines is 2. The Morgan fingerprint density at radius 3 is 2.74 bits per heavy atom. The van der Waals surface area contributed by atoms with Crippen LogP contribution in [-0.2, 0) is 17.6 Å². The van der Waals surface area contributed by atoms with Gasteiger partial charge in [-0.1, -0.05) is 12.1 Å². The van der Waals surface area contributed by atoms with Crippen LogP contribution in [0.3, 0.4) is 0 Å². The Hall–Kier alpha value is -3.69. The summed E-state index contributed by atoms with van der Waals surface area (Å²) in [7, 11) is 1.43. The predicted octanol–water partition coefficient (Wildman–Crippen LogP) is 4.07. The van der Waals surface area contributed by atoms with E-state index in [9.17, 15) is 18.0 Å². The molecule has 2 aromatic carbocycles. The maximum atomic E-state index is 13.3. The number of benzene rings is 2. The van der Waals surface area contributed by atoms with E-state index in [1.165, 1.54) is 19.2 Å². The largest absolute Gasteiger partial charge is 0.493 e. The number of methoxy groups -OCH3 is 1. The van der Waals surface area contributed by atoms with E-state index in [0.717, 1.165) is 11.6 Å². The van der Waals surface area contributed by atoms with Crippen LogP contribution >= 0.6 is 0 Å². The van der Waals surface area contributed by atoms with Crippen LogP contribution in [0.5, 0.6) is 11.5 Å². The highest BCUT2D eigenvalue weighted by molar-refractivity contribution is 5.94. The average Bonchev–Trinajstić information content (AvgIpc) is 3.19. The van der Waals surface area contributed by atoms with Gasteiger partial charge in [-0.15, -0.1) is 0 Å². The molecule has 4 N–H and O–H groups in total. The molecule has 4 rings (SSSR count). The number of aromatic nitrogens is 2. The highest BCUT2D eigenvalue weighted by atomic mass is 19.4. The Kier molecular flexibility index (Phi) is 5.22. The number of fused-ring (bicyclic) bond motifs is 1. The second-order valence-corrected chi connectivity index (χ2v) is 7.10. The number of carbonyl (C=O) groups is 1. The SMILES string of the molecule is COc1cc(C2CC(=O)Nc3c[nH]nc32)ccc1OCc1ccc(N)cc1C(F)(F)F. The van der Waals surface area contributed by atoms with Crippen molar-refractivity contribution in [2.24, 2.45) is 0 Å². The van der Waals surface area contributed by atoms with Crippen LogP contribution < -0.4 is 20.5 Å². The lowest BCUT2D eigenvalue weighted by atomic mass is 9.89. The molecule has 0 fully saturated rings. The molecular formula is C21H19F3N4O3. The van der Waals surface area contributed by atoms with Crippen LogP contribution in [0.25, 0.3) is 0 Å². The first-order valence-electron chi connectivity index (χ1n) is 9.36. The molecule has 1 amide bonds. The summed E-state index contributed by atoms with van der Waals surface area (Å²) < 4.78 is 50.9. The molecule has 10 heteroatoms. The molecule has 0 bridgehead atoms. The summed E-state index contributed by atoms with van der Waals surface area (Å²) >= 11 is 0. The lowest BCUT2D eigenvalue weighted by Gasteiger charge is -2.22. The quantitative estimate of drug-likeness (QED) is 0.528. The number of aromatic amines is 1. The monoisotopic (exact) mass is 432 g/mol. The van der Waals surface area contributed by atoms with Crippen LogP contribution in [0.4, 0.5) is 24.5 Å². The predicted molar refractivity (Wildman–Crippen MR) is 107 cm³/mol. The van der Waals surface area contributed by atoms with Gasteiger partial charge < -0.3 is 20.5 Å². The number of nitrogens with zero attached hydrogens (tertiary/aromatic N) is 1. The normalized spacial score (nSPS) is 15.9. The zero-order valence-electron chi connectivity index (χ0n) is 16.4. The van der Waals surface area contributed by atoms with Crippen molar-refractivity contribution in [2.75, 3.05) is 18.2 Å².